The van der Waals surface area contributed by atoms with Gasteiger partial charge in [0.1, 0.15) is 5.52 Å². The summed E-state index contributed by atoms with van der Waals surface area (Å²) in [5.41, 5.74) is 7.58. The van der Waals surface area contributed by atoms with E-state index >= 15 is 0 Å². The van der Waals surface area contributed by atoms with Crippen LogP contribution in [0.2, 0.25) is 0 Å². The van der Waals surface area contributed by atoms with Crippen LogP contribution >= 0.6 is 12.2 Å². The lowest BCUT2D eigenvalue weighted by Gasteiger charge is -2.21. The normalized spacial score (nSPS) is 12.2. The molecule has 6 nitrogen and oxygen atoms in total. The summed E-state index contributed by atoms with van der Waals surface area (Å²) in [6.07, 6.45) is 0.825. The fourth-order valence-corrected chi connectivity index (χ4v) is 2.40. The molecular weight excluding hydrogens is 262 g/mol. The Kier molecular flexibility index (Phi) is 3.25. The first-order valence-electron chi connectivity index (χ1n) is 6.22. The Morgan fingerprint density at radius 1 is 1.53 bits per heavy atom. The first-order valence-corrected chi connectivity index (χ1v) is 6.63. The molecule has 0 fully saturated rings. The van der Waals surface area contributed by atoms with Crippen molar-refractivity contribution >= 4 is 29.3 Å². The summed E-state index contributed by atoms with van der Waals surface area (Å²) < 4.78 is 4.27. The largest absolute Gasteiger partial charge is 0.369 e. The van der Waals surface area contributed by atoms with Crippen molar-refractivity contribution < 1.29 is 4.79 Å². The van der Waals surface area contributed by atoms with Crippen LogP contribution in [0.25, 0.3) is 11.2 Å². The summed E-state index contributed by atoms with van der Waals surface area (Å²) in [6, 6.07) is 0. The lowest BCUT2D eigenvalue weighted by Crippen LogP contribution is -2.35. The van der Waals surface area contributed by atoms with E-state index in [1.165, 1.54) is 0 Å². The van der Waals surface area contributed by atoms with Crippen molar-refractivity contribution in [2.45, 2.75) is 33.7 Å². The van der Waals surface area contributed by atoms with Crippen LogP contribution in [0, 0.1) is 10.2 Å². The van der Waals surface area contributed by atoms with E-state index in [0.29, 0.717) is 11.3 Å². The van der Waals surface area contributed by atoms with Gasteiger partial charge >= 0.3 is 0 Å². The highest BCUT2D eigenvalue weighted by atomic mass is 32.1. The zero-order chi connectivity index (χ0) is 14.4. The van der Waals surface area contributed by atoms with Crippen molar-refractivity contribution in [2.24, 2.45) is 18.2 Å². The first-order chi connectivity index (χ1) is 8.77. The maximum Gasteiger partial charge on any atom is 0.224 e. The molecule has 0 aliphatic heterocycles. The van der Waals surface area contributed by atoms with Crippen molar-refractivity contribution in [1.82, 2.24) is 19.3 Å². The van der Waals surface area contributed by atoms with Gasteiger partial charge in [-0.2, -0.15) is 5.10 Å². The Bertz CT molecular complexity index is 691. The number of nitrogens with one attached hydrogen (secondary N) is 1. The second-order valence-corrected chi connectivity index (χ2v) is 5.77. The topological polar surface area (TPSA) is 81.6 Å². The first kappa shape index (κ1) is 13.8. The number of aryl methyl sites for hydroxylation is 2. The molecule has 0 unspecified atom stereocenters. The predicted molar refractivity (Wildman–Crippen MR) is 76.2 cm³/mol. The van der Waals surface area contributed by atoms with Crippen LogP contribution in [0.4, 0.5) is 0 Å². The number of carbonyl (C=O) groups is 1. The Balaban J connectivity index is 2.61. The maximum atomic E-state index is 11.5. The van der Waals surface area contributed by atoms with E-state index in [2.05, 4.69) is 10.1 Å². The molecule has 0 spiro atoms. The minimum absolute atomic E-state index is 0.346. The number of hydrogen-bond acceptors (Lipinski definition) is 3. The number of imidazole rings is 1. The van der Waals surface area contributed by atoms with Crippen molar-refractivity contribution in [3.63, 3.8) is 0 Å². The van der Waals surface area contributed by atoms with Crippen LogP contribution < -0.4 is 5.73 Å². The molecule has 2 aromatic heterocycles. The summed E-state index contributed by atoms with van der Waals surface area (Å²) in [5.74, 6) is -0.346. The van der Waals surface area contributed by atoms with E-state index in [1.807, 2.05) is 32.4 Å². The molecule has 104 valence electrons. The molecule has 0 aliphatic carbocycles. The van der Waals surface area contributed by atoms with Gasteiger partial charge in [0.15, 0.2) is 10.4 Å². The fraction of sp³-hybridized carbons (Fsp3) is 0.583. The molecule has 0 aromatic carbocycles. The highest BCUT2D eigenvalue weighted by molar-refractivity contribution is 7.71. The second kappa shape index (κ2) is 4.48. The van der Waals surface area contributed by atoms with Crippen molar-refractivity contribution in [1.29, 1.82) is 0 Å². The van der Waals surface area contributed by atoms with Gasteiger partial charge < -0.3 is 15.3 Å². The van der Waals surface area contributed by atoms with E-state index in [1.54, 1.807) is 4.68 Å². The van der Waals surface area contributed by atoms with E-state index in [0.717, 1.165) is 23.3 Å². The van der Waals surface area contributed by atoms with Crippen LogP contribution in [0.15, 0.2) is 0 Å². The third-order valence-electron chi connectivity index (χ3n) is 3.38. The zero-order valence-corrected chi connectivity index (χ0v) is 12.5. The number of fused-ring (bicyclic) bond motifs is 1. The van der Waals surface area contributed by atoms with Gasteiger partial charge in [0, 0.05) is 13.6 Å². The molecule has 3 N–H and O–H groups in total. The van der Waals surface area contributed by atoms with Crippen LogP contribution in [-0.4, -0.2) is 25.2 Å². The minimum atomic E-state index is -0.663. The molecule has 1 amide bonds. The third kappa shape index (κ3) is 2.18. The SMILES string of the molecule is CCc1nn(C)c2c1[nH]c(=S)n2CC(C)(C)C(N)=O. The average Bonchev–Trinajstić information content (AvgIpc) is 2.78. The number of nitrogens with two attached hydrogens (primary N) is 1. The Hall–Kier alpha value is -1.63. The summed E-state index contributed by atoms with van der Waals surface area (Å²) in [5, 5.41) is 4.45. The smallest absolute Gasteiger partial charge is 0.224 e. The highest BCUT2D eigenvalue weighted by Crippen LogP contribution is 2.23. The van der Waals surface area contributed by atoms with E-state index in [4.69, 9.17) is 18.0 Å². The van der Waals surface area contributed by atoms with Crippen LogP contribution in [0.1, 0.15) is 26.5 Å². The Morgan fingerprint density at radius 2 is 2.16 bits per heavy atom. The van der Waals surface area contributed by atoms with Gasteiger partial charge in [-0.15, -0.1) is 0 Å². The third-order valence-corrected chi connectivity index (χ3v) is 3.70. The number of carbonyl (C=O) groups excluding carboxylic acids is 1. The number of rotatable bonds is 4. The van der Waals surface area contributed by atoms with Gasteiger partial charge in [0.05, 0.1) is 11.1 Å². The summed E-state index contributed by atoms with van der Waals surface area (Å²) in [4.78, 5) is 14.7. The summed E-state index contributed by atoms with van der Waals surface area (Å²) in [7, 11) is 1.87. The van der Waals surface area contributed by atoms with E-state index < -0.39 is 5.41 Å². The predicted octanol–water partition coefficient (Wildman–Crippen LogP) is 1.51. The van der Waals surface area contributed by atoms with E-state index in [-0.39, 0.29) is 5.91 Å². The zero-order valence-electron chi connectivity index (χ0n) is 11.6. The molecule has 7 heteroatoms. The number of aromatic nitrogens is 4. The Morgan fingerprint density at radius 3 is 2.68 bits per heavy atom. The number of amides is 1. The number of nitrogens with zero attached hydrogens (tertiary/aromatic N) is 3. The molecule has 0 radical (unpaired) electrons. The van der Waals surface area contributed by atoms with Gasteiger partial charge in [0.2, 0.25) is 5.91 Å². The lowest BCUT2D eigenvalue weighted by molar-refractivity contribution is -0.126. The van der Waals surface area contributed by atoms with Crippen LogP contribution in [0.3, 0.4) is 0 Å². The summed E-state index contributed by atoms with van der Waals surface area (Å²) >= 11 is 5.34. The second-order valence-electron chi connectivity index (χ2n) is 5.39. The summed E-state index contributed by atoms with van der Waals surface area (Å²) in [6.45, 7) is 6.10. The van der Waals surface area contributed by atoms with Crippen molar-refractivity contribution in [3.05, 3.63) is 10.5 Å². The van der Waals surface area contributed by atoms with Gasteiger partial charge in [-0.1, -0.05) is 6.92 Å². The number of hydrogen-bond donors (Lipinski definition) is 2. The molecule has 0 saturated carbocycles. The molecule has 2 aromatic rings. The molecule has 2 heterocycles. The minimum Gasteiger partial charge on any atom is -0.369 e. The molecule has 19 heavy (non-hydrogen) atoms. The van der Waals surface area contributed by atoms with E-state index in [9.17, 15) is 4.79 Å². The van der Waals surface area contributed by atoms with Crippen LogP contribution in [0.5, 0.6) is 0 Å². The van der Waals surface area contributed by atoms with Gasteiger partial charge in [-0.3, -0.25) is 9.48 Å². The molecule has 2 rings (SSSR count). The number of aromatic amines is 1. The van der Waals surface area contributed by atoms with Crippen LogP contribution in [-0.2, 0) is 24.8 Å². The van der Waals surface area contributed by atoms with Crippen molar-refractivity contribution in [2.75, 3.05) is 0 Å². The quantitative estimate of drug-likeness (QED) is 0.833. The van der Waals surface area contributed by atoms with Gasteiger partial charge in [-0.25, -0.2) is 0 Å². The lowest BCUT2D eigenvalue weighted by atomic mass is 9.93. The van der Waals surface area contributed by atoms with Gasteiger partial charge in [-0.05, 0) is 32.5 Å². The monoisotopic (exact) mass is 281 g/mol. The molecular formula is C12H19N5OS. The number of primary amides is 1. The van der Waals surface area contributed by atoms with Gasteiger partial charge in [0.25, 0.3) is 0 Å². The van der Waals surface area contributed by atoms with Crippen molar-refractivity contribution in [3.8, 4) is 0 Å². The molecule has 0 aliphatic rings. The average molecular weight is 281 g/mol. The number of H-pyrrole nitrogens is 1. The molecule has 0 bridgehead atoms. The standard InChI is InChI=1S/C12H19N5OS/c1-5-7-8-9(16(4)15-7)17(11(19)14-8)6-12(2,3)10(13)18/h5-6H2,1-4H3,(H2,13,18)(H,14,19). The maximum absolute atomic E-state index is 11.5. The highest BCUT2D eigenvalue weighted by Gasteiger charge is 2.27. The fourth-order valence-electron chi connectivity index (χ4n) is 2.14. The Labute approximate surface area is 116 Å². The molecule has 0 saturated heterocycles. The molecule has 0 atom stereocenters.